The number of likely N-dealkylation sites (tertiary alicyclic amines) is 1. The summed E-state index contributed by atoms with van der Waals surface area (Å²) in [5.41, 5.74) is -1.17. The topological polar surface area (TPSA) is 87.1 Å². The first-order valence-electron chi connectivity index (χ1n) is 8.11. The third kappa shape index (κ3) is 4.19. The van der Waals surface area contributed by atoms with Gasteiger partial charge in [0.2, 0.25) is 0 Å². The molecule has 6 heteroatoms. The molecule has 0 bridgehead atoms. The van der Waals surface area contributed by atoms with Gasteiger partial charge >= 0.3 is 12.1 Å². The minimum absolute atomic E-state index is 0.0750. The molecule has 24 heavy (non-hydrogen) atoms. The maximum absolute atomic E-state index is 12.3. The summed E-state index contributed by atoms with van der Waals surface area (Å²) in [6, 6.07) is 6.71. The van der Waals surface area contributed by atoms with E-state index in [4.69, 9.17) is 4.74 Å². The van der Waals surface area contributed by atoms with Gasteiger partial charge in [0.1, 0.15) is 11.4 Å². The SMILES string of the molecule is CC(C)(C)OC(=O)N1CCCC(Cc2ccccc2O)(C(=O)O)C1. The van der Waals surface area contributed by atoms with E-state index in [1.54, 1.807) is 45.0 Å². The summed E-state index contributed by atoms with van der Waals surface area (Å²) in [5, 5.41) is 19.8. The van der Waals surface area contributed by atoms with Crippen molar-refractivity contribution in [3.05, 3.63) is 29.8 Å². The Morgan fingerprint density at radius 1 is 1.29 bits per heavy atom. The molecule has 1 aromatic carbocycles. The Hall–Kier alpha value is -2.24. The zero-order valence-electron chi connectivity index (χ0n) is 14.4. The predicted molar refractivity (Wildman–Crippen MR) is 88.9 cm³/mol. The molecule has 2 rings (SSSR count). The van der Waals surface area contributed by atoms with Crippen LogP contribution in [0.2, 0.25) is 0 Å². The number of aliphatic carboxylic acids is 1. The van der Waals surface area contributed by atoms with Crippen LogP contribution in [-0.2, 0) is 16.0 Å². The Morgan fingerprint density at radius 2 is 1.96 bits per heavy atom. The molecule has 1 aromatic rings. The fraction of sp³-hybridized carbons (Fsp3) is 0.556. The summed E-state index contributed by atoms with van der Waals surface area (Å²) in [5.74, 6) is -0.883. The zero-order valence-corrected chi connectivity index (χ0v) is 14.4. The van der Waals surface area contributed by atoms with E-state index in [0.29, 0.717) is 24.9 Å². The number of benzene rings is 1. The molecule has 1 fully saturated rings. The van der Waals surface area contributed by atoms with E-state index in [2.05, 4.69) is 0 Å². The van der Waals surface area contributed by atoms with Crippen LogP contribution >= 0.6 is 0 Å². The van der Waals surface area contributed by atoms with E-state index < -0.39 is 23.1 Å². The van der Waals surface area contributed by atoms with Crippen molar-refractivity contribution in [2.45, 2.75) is 45.6 Å². The maximum atomic E-state index is 12.3. The normalized spacial score (nSPS) is 21.4. The maximum Gasteiger partial charge on any atom is 0.410 e. The second-order valence-electron chi connectivity index (χ2n) is 7.40. The monoisotopic (exact) mass is 335 g/mol. The molecule has 1 aliphatic rings. The Balaban J connectivity index is 2.21. The molecule has 2 N–H and O–H groups in total. The summed E-state index contributed by atoms with van der Waals surface area (Å²) >= 11 is 0. The van der Waals surface area contributed by atoms with E-state index >= 15 is 0 Å². The number of carboxylic acid groups (broad SMARTS) is 1. The van der Waals surface area contributed by atoms with Crippen LogP contribution in [0.25, 0.3) is 0 Å². The molecule has 0 spiro atoms. The Kier molecular flexibility index (Phi) is 5.06. The highest BCUT2D eigenvalue weighted by molar-refractivity contribution is 5.77. The van der Waals surface area contributed by atoms with Gasteiger partial charge in [-0.05, 0) is 51.7 Å². The number of phenols is 1. The lowest BCUT2D eigenvalue weighted by molar-refractivity contribution is -0.152. The first-order chi connectivity index (χ1) is 11.1. The number of carboxylic acids is 1. The van der Waals surface area contributed by atoms with Crippen LogP contribution in [0.1, 0.15) is 39.2 Å². The highest BCUT2D eigenvalue weighted by atomic mass is 16.6. The molecule has 0 radical (unpaired) electrons. The fourth-order valence-corrected chi connectivity index (χ4v) is 3.03. The van der Waals surface area contributed by atoms with E-state index in [1.165, 1.54) is 4.90 Å². The summed E-state index contributed by atoms with van der Waals surface area (Å²) in [7, 11) is 0. The van der Waals surface area contributed by atoms with E-state index in [9.17, 15) is 19.8 Å². The van der Waals surface area contributed by atoms with Gasteiger partial charge in [-0.15, -0.1) is 0 Å². The second-order valence-corrected chi connectivity index (χ2v) is 7.40. The Bertz CT molecular complexity index is 622. The lowest BCUT2D eigenvalue weighted by atomic mass is 9.75. The quantitative estimate of drug-likeness (QED) is 0.886. The number of amides is 1. The third-order valence-corrected chi connectivity index (χ3v) is 4.20. The largest absolute Gasteiger partial charge is 0.508 e. The number of para-hydroxylation sites is 1. The lowest BCUT2D eigenvalue weighted by Crippen LogP contribution is -2.52. The minimum atomic E-state index is -1.12. The van der Waals surface area contributed by atoms with Gasteiger partial charge < -0.3 is 19.8 Å². The minimum Gasteiger partial charge on any atom is -0.508 e. The average molecular weight is 335 g/mol. The van der Waals surface area contributed by atoms with Crippen LogP contribution in [-0.4, -0.2) is 45.9 Å². The highest BCUT2D eigenvalue weighted by Gasteiger charge is 2.44. The Labute approximate surface area is 142 Å². The molecule has 132 valence electrons. The first-order valence-corrected chi connectivity index (χ1v) is 8.11. The van der Waals surface area contributed by atoms with Crippen LogP contribution in [0.5, 0.6) is 5.75 Å². The Morgan fingerprint density at radius 3 is 2.54 bits per heavy atom. The first kappa shape index (κ1) is 18.1. The molecule has 1 aliphatic heterocycles. The van der Waals surface area contributed by atoms with Crippen molar-refractivity contribution in [2.24, 2.45) is 5.41 Å². The molecule has 1 unspecified atom stereocenters. The number of aromatic hydroxyl groups is 1. The van der Waals surface area contributed by atoms with Crippen LogP contribution in [0.15, 0.2) is 24.3 Å². The summed E-state index contributed by atoms with van der Waals surface area (Å²) < 4.78 is 5.37. The predicted octanol–water partition coefficient (Wildman–Crippen LogP) is 3.04. The molecular formula is C18H25NO5. The number of rotatable bonds is 3. The lowest BCUT2D eigenvalue weighted by Gasteiger charge is -2.40. The van der Waals surface area contributed by atoms with Crippen LogP contribution in [0.4, 0.5) is 4.79 Å². The molecule has 6 nitrogen and oxygen atoms in total. The molecule has 0 saturated carbocycles. The number of phenolic OH excluding ortho intramolecular Hbond substituents is 1. The van der Waals surface area contributed by atoms with Gasteiger partial charge in [0.05, 0.1) is 5.41 Å². The second kappa shape index (κ2) is 6.71. The van der Waals surface area contributed by atoms with Crippen LogP contribution in [0.3, 0.4) is 0 Å². The van der Waals surface area contributed by atoms with Crippen molar-refractivity contribution in [3.8, 4) is 5.75 Å². The number of hydrogen-bond acceptors (Lipinski definition) is 4. The van der Waals surface area contributed by atoms with Gasteiger partial charge in [0.15, 0.2) is 0 Å². The zero-order chi connectivity index (χ0) is 18.0. The standard InChI is InChI=1S/C18H25NO5/c1-17(2,3)24-16(23)19-10-6-9-18(12-19,15(21)22)11-13-7-4-5-8-14(13)20/h4-5,7-8,20H,6,9-12H2,1-3H3,(H,21,22). The molecule has 1 saturated heterocycles. The average Bonchev–Trinajstić information content (AvgIpc) is 2.48. The molecular weight excluding hydrogens is 310 g/mol. The number of piperidine rings is 1. The molecule has 1 atom stereocenters. The smallest absolute Gasteiger partial charge is 0.410 e. The van der Waals surface area contributed by atoms with Gasteiger partial charge in [0, 0.05) is 13.1 Å². The number of carbonyl (C=O) groups excluding carboxylic acids is 1. The van der Waals surface area contributed by atoms with Gasteiger partial charge in [-0.1, -0.05) is 18.2 Å². The fourth-order valence-electron chi connectivity index (χ4n) is 3.03. The van der Waals surface area contributed by atoms with Crippen LogP contribution in [0, 0.1) is 5.41 Å². The van der Waals surface area contributed by atoms with Crippen molar-refractivity contribution in [1.29, 1.82) is 0 Å². The molecule has 1 heterocycles. The van der Waals surface area contributed by atoms with Crippen molar-refractivity contribution < 1.29 is 24.5 Å². The number of carbonyl (C=O) groups is 2. The van der Waals surface area contributed by atoms with Crippen molar-refractivity contribution in [3.63, 3.8) is 0 Å². The highest BCUT2D eigenvalue weighted by Crippen LogP contribution is 2.36. The van der Waals surface area contributed by atoms with E-state index in [1.807, 2.05) is 0 Å². The molecule has 1 amide bonds. The van der Waals surface area contributed by atoms with Gasteiger partial charge in [-0.2, -0.15) is 0 Å². The van der Waals surface area contributed by atoms with E-state index in [0.717, 1.165) is 0 Å². The van der Waals surface area contributed by atoms with E-state index in [-0.39, 0.29) is 18.7 Å². The summed E-state index contributed by atoms with van der Waals surface area (Å²) in [4.78, 5) is 25.8. The van der Waals surface area contributed by atoms with Crippen molar-refractivity contribution in [1.82, 2.24) is 4.90 Å². The van der Waals surface area contributed by atoms with Gasteiger partial charge in [-0.3, -0.25) is 4.79 Å². The number of nitrogens with zero attached hydrogens (tertiary/aromatic N) is 1. The van der Waals surface area contributed by atoms with Crippen molar-refractivity contribution >= 4 is 12.1 Å². The van der Waals surface area contributed by atoms with Crippen molar-refractivity contribution in [2.75, 3.05) is 13.1 Å². The number of ether oxygens (including phenoxy) is 1. The third-order valence-electron chi connectivity index (χ3n) is 4.20. The molecule has 0 aliphatic carbocycles. The summed E-state index contributed by atoms with van der Waals surface area (Å²) in [6.07, 6.45) is 0.716. The molecule has 0 aromatic heterocycles. The van der Waals surface area contributed by atoms with Gasteiger partial charge in [-0.25, -0.2) is 4.79 Å². The summed E-state index contributed by atoms with van der Waals surface area (Å²) in [6.45, 7) is 5.89. The van der Waals surface area contributed by atoms with Gasteiger partial charge in [0.25, 0.3) is 0 Å². The van der Waals surface area contributed by atoms with Crippen LogP contribution < -0.4 is 0 Å². The number of hydrogen-bond donors (Lipinski definition) is 2.